The molecule has 0 aromatic carbocycles. The summed E-state index contributed by atoms with van der Waals surface area (Å²) in [5, 5.41) is 43.7. The predicted molar refractivity (Wildman–Crippen MR) is 256 cm³/mol. The summed E-state index contributed by atoms with van der Waals surface area (Å²) < 4.78 is 0. The van der Waals surface area contributed by atoms with Gasteiger partial charge in [0.1, 0.15) is 12.2 Å². The topological polar surface area (TPSA) is 110 Å². The predicted octanol–water partition coefficient (Wildman–Crippen LogP) is 14.2. The van der Waals surface area contributed by atoms with Crippen molar-refractivity contribution in [1.82, 2.24) is 5.32 Å². The lowest BCUT2D eigenvalue weighted by molar-refractivity contribution is -0.132. The number of unbranched alkanes of at least 4 members (excludes halogenated alkanes) is 29. The fraction of sp³-hybridized carbons (Fsp3) is 0.830. The molecule has 6 nitrogen and oxygen atoms in total. The average molecular weight is 830 g/mol. The Morgan fingerprint density at radius 2 is 0.763 bits per heavy atom. The van der Waals surface area contributed by atoms with Gasteiger partial charge in [-0.15, -0.1) is 0 Å². The number of carbonyl (C=O) groups is 1. The van der Waals surface area contributed by atoms with Crippen molar-refractivity contribution in [1.29, 1.82) is 0 Å². The third-order valence-corrected chi connectivity index (χ3v) is 11.7. The number of nitrogens with one attached hydrogen (secondary N) is 1. The van der Waals surface area contributed by atoms with Gasteiger partial charge in [-0.25, -0.2) is 0 Å². The number of hydrogen-bond acceptors (Lipinski definition) is 5. The normalized spacial score (nSPS) is 14.3. The number of rotatable bonds is 46. The monoisotopic (exact) mass is 830 g/mol. The van der Waals surface area contributed by atoms with E-state index in [0.717, 1.165) is 57.8 Å². The van der Waals surface area contributed by atoms with Crippen LogP contribution in [0.5, 0.6) is 0 Å². The van der Waals surface area contributed by atoms with Gasteiger partial charge in [0.25, 0.3) is 0 Å². The van der Waals surface area contributed by atoms with E-state index in [2.05, 4.69) is 67.8 Å². The van der Waals surface area contributed by atoms with Gasteiger partial charge in [0, 0.05) is 0 Å². The average Bonchev–Trinajstić information content (AvgIpc) is 3.24. The molecule has 346 valence electrons. The summed E-state index contributed by atoms with van der Waals surface area (Å²) in [6.45, 7) is 3.93. The number of carbonyl (C=O) groups excluding carboxylic acids is 1. The molecule has 4 atom stereocenters. The maximum Gasteiger partial charge on any atom is 0.249 e. The molecule has 0 aliphatic carbocycles. The van der Waals surface area contributed by atoms with Crippen LogP contribution in [-0.2, 0) is 4.79 Å². The highest BCUT2D eigenvalue weighted by Crippen LogP contribution is 2.16. The number of amides is 1. The van der Waals surface area contributed by atoms with Crippen molar-refractivity contribution in [2.45, 2.75) is 276 Å². The Morgan fingerprint density at radius 1 is 0.424 bits per heavy atom. The molecule has 0 heterocycles. The van der Waals surface area contributed by atoms with Crippen molar-refractivity contribution < 1.29 is 25.2 Å². The molecule has 0 aliphatic heterocycles. The van der Waals surface area contributed by atoms with Crippen molar-refractivity contribution >= 4 is 5.91 Å². The van der Waals surface area contributed by atoms with Crippen LogP contribution in [0.1, 0.15) is 251 Å². The summed E-state index contributed by atoms with van der Waals surface area (Å²) in [5.74, 6) is -0.600. The van der Waals surface area contributed by atoms with E-state index < -0.39 is 36.9 Å². The first-order valence-electron chi connectivity index (χ1n) is 25.5. The second-order valence-electron chi connectivity index (χ2n) is 17.5. The summed E-state index contributed by atoms with van der Waals surface area (Å²) in [6, 6.07) is -1.01. The molecule has 0 fully saturated rings. The van der Waals surface area contributed by atoms with E-state index in [4.69, 9.17) is 0 Å². The Kier molecular flexibility index (Phi) is 45.9. The zero-order chi connectivity index (χ0) is 43.1. The fourth-order valence-corrected chi connectivity index (χ4v) is 7.73. The minimum absolute atomic E-state index is 0.358. The molecule has 0 saturated carbocycles. The van der Waals surface area contributed by atoms with E-state index in [1.54, 1.807) is 0 Å². The molecule has 0 aliphatic rings. The van der Waals surface area contributed by atoms with Gasteiger partial charge >= 0.3 is 0 Å². The zero-order valence-corrected chi connectivity index (χ0v) is 39.0. The molecule has 0 bridgehead atoms. The summed E-state index contributed by atoms with van der Waals surface area (Å²) in [7, 11) is 0. The van der Waals surface area contributed by atoms with Gasteiger partial charge in [-0.3, -0.25) is 4.79 Å². The highest BCUT2D eigenvalue weighted by atomic mass is 16.3. The smallest absolute Gasteiger partial charge is 0.249 e. The van der Waals surface area contributed by atoms with E-state index >= 15 is 0 Å². The van der Waals surface area contributed by atoms with Crippen molar-refractivity contribution in [3.8, 4) is 0 Å². The van der Waals surface area contributed by atoms with Crippen molar-refractivity contribution in [3.63, 3.8) is 0 Å². The van der Waals surface area contributed by atoms with Crippen LogP contribution >= 0.6 is 0 Å². The van der Waals surface area contributed by atoms with Crippen molar-refractivity contribution in [2.75, 3.05) is 6.61 Å². The Morgan fingerprint density at radius 3 is 1.15 bits per heavy atom. The second kappa shape index (κ2) is 47.3. The van der Waals surface area contributed by atoms with Crippen LogP contribution in [0.4, 0.5) is 0 Å². The molecule has 5 N–H and O–H groups in total. The molecule has 0 saturated heterocycles. The first-order chi connectivity index (χ1) is 29.0. The van der Waals surface area contributed by atoms with Crippen molar-refractivity contribution in [3.05, 3.63) is 48.6 Å². The zero-order valence-electron chi connectivity index (χ0n) is 39.0. The molecule has 0 spiro atoms. The van der Waals surface area contributed by atoms with E-state index in [9.17, 15) is 25.2 Å². The van der Waals surface area contributed by atoms with Crippen LogP contribution in [0.3, 0.4) is 0 Å². The summed E-state index contributed by atoms with van der Waals surface area (Å²) in [6.07, 6.45) is 59.0. The lowest BCUT2D eigenvalue weighted by Crippen LogP contribution is -2.53. The lowest BCUT2D eigenvalue weighted by atomic mass is 10.00. The quantitative estimate of drug-likeness (QED) is 0.0310. The van der Waals surface area contributed by atoms with Crippen molar-refractivity contribution in [2.24, 2.45) is 0 Å². The van der Waals surface area contributed by atoms with E-state index in [-0.39, 0.29) is 0 Å². The maximum absolute atomic E-state index is 12.5. The highest BCUT2D eigenvalue weighted by molar-refractivity contribution is 5.80. The minimum atomic E-state index is -1.29. The lowest BCUT2D eigenvalue weighted by Gasteiger charge is -2.27. The van der Waals surface area contributed by atoms with E-state index in [1.807, 2.05) is 0 Å². The molecule has 59 heavy (non-hydrogen) atoms. The second-order valence-corrected chi connectivity index (χ2v) is 17.5. The first kappa shape index (κ1) is 57.3. The molecule has 1 amide bonds. The summed E-state index contributed by atoms with van der Waals surface area (Å²) in [4.78, 5) is 12.5. The minimum Gasteiger partial charge on any atom is -0.394 e. The van der Waals surface area contributed by atoms with Crippen LogP contribution in [0.2, 0.25) is 0 Å². The fourth-order valence-electron chi connectivity index (χ4n) is 7.73. The largest absolute Gasteiger partial charge is 0.394 e. The molecule has 0 radical (unpaired) electrons. The van der Waals surface area contributed by atoms with Crippen LogP contribution in [0.15, 0.2) is 48.6 Å². The van der Waals surface area contributed by atoms with Gasteiger partial charge < -0.3 is 25.7 Å². The van der Waals surface area contributed by atoms with E-state index in [0.29, 0.717) is 19.3 Å². The van der Waals surface area contributed by atoms with E-state index in [1.165, 1.54) is 161 Å². The Labute approximate surface area is 366 Å². The third-order valence-electron chi connectivity index (χ3n) is 11.7. The standard InChI is InChI=1S/C53H99NO5/c1-3-5-7-9-11-13-15-17-18-19-20-21-22-23-24-25-26-27-28-29-30-31-32-33-35-37-39-41-43-45-47-51(57)53(59)54-49(48-55)52(58)50(56)46-44-42-40-38-36-34-16-14-12-10-8-6-4-2/h6,8,14,16,23-24,38,40,49-52,55-58H,3-5,7,9-13,15,17-22,25-37,39,41-48H2,1-2H3,(H,54,59)/b8-6+,16-14+,24-23-,40-38+. The maximum atomic E-state index is 12.5. The summed E-state index contributed by atoms with van der Waals surface area (Å²) >= 11 is 0. The van der Waals surface area contributed by atoms with Crippen LogP contribution in [0.25, 0.3) is 0 Å². The van der Waals surface area contributed by atoms with Gasteiger partial charge in [0.05, 0.1) is 18.8 Å². The molecular formula is C53H99NO5. The Balaban J connectivity index is 3.62. The molecular weight excluding hydrogens is 731 g/mol. The SMILES string of the molecule is CC/C=C/CC/C=C/CC/C=C/CCCC(O)C(O)C(CO)NC(=O)C(O)CCCCCCCCCCCCCCCC/C=C\CCCCCCCCCCCCCC. The molecule has 0 aromatic heterocycles. The Hall–Kier alpha value is -1.73. The first-order valence-corrected chi connectivity index (χ1v) is 25.5. The third kappa shape index (κ3) is 41.4. The van der Waals surface area contributed by atoms with Gasteiger partial charge in [0.15, 0.2) is 0 Å². The summed E-state index contributed by atoms with van der Waals surface area (Å²) in [5.41, 5.74) is 0. The van der Waals surface area contributed by atoms with Gasteiger partial charge in [-0.1, -0.05) is 217 Å². The molecule has 0 aromatic rings. The van der Waals surface area contributed by atoms with Gasteiger partial charge in [-0.2, -0.15) is 0 Å². The van der Waals surface area contributed by atoms with Crippen LogP contribution < -0.4 is 5.32 Å². The van der Waals surface area contributed by atoms with Crippen LogP contribution in [0, 0.1) is 0 Å². The van der Waals surface area contributed by atoms with Gasteiger partial charge in [0.2, 0.25) is 5.91 Å². The number of allylic oxidation sites excluding steroid dienone is 8. The molecule has 4 unspecified atom stereocenters. The number of aliphatic hydroxyl groups is 4. The molecule has 6 heteroatoms. The van der Waals surface area contributed by atoms with Crippen LogP contribution in [-0.4, -0.2) is 57.3 Å². The number of hydrogen-bond donors (Lipinski definition) is 5. The number of aliphatic hydroxyl groups excluding tert-OH is 4. The Bertz CT molecular complexity index is 977. The van der Waals surface area contributed by atoms with Gasteiger partial charge in [-0.05, 0) is 83.5 Å². The molecule has 0 rings (SSSR count). The highest BCUT2D eigenvalue weighted by Gasteiger charge is 2.28.